The van der Waals surface area contributed by atoms with Crippen LogP contribution in [0.5, 0.6) is 0 Å². The summed E-state index contributed by atoms with van der Waals surface area (Å²) < 4.78 is 2.12. The molecule has 0 atom stereocenters. The predicted octanol–water partition coefficient (Wildman–Crippen LogP) is 2.89. The molecule has 0 aliphatic carbocycles. The molecule has 0 radical (unpaired) electrons. The van der Waals surface area contributed by atoms with Gasteiger partial charge >= 0.3 is 0 Å². The van der Waals surface area contributed by atoms with E-state index in [1.165, 1.54) is 11.3 Å². The highest BCUT2D eigenvalue weighted by atomic mass is 15.1. The molecule has 16 heavy (non-hydrogen) atoms. The number of aryl methyl sites for hydroxylation is 1. The molecule has 0 unspecified atom stereocenters. The molecule has 0 saturated carbocycles. The zero-order chi connectivity index (χ0) is 11.7. The molecule has 1 aromatic heterocycles. The van der Waals surface area contributed by atoms with Crippen LogP contribution in [0.1, 0.15) is 31.0 Å². The van der Waals surface area contributed by atoms with Gasteiger partial charge < -0.3 is 10.3 Å². The van der Waals surface area contributed by atoms with Gasteiger partial charge in [-0.25, -0.2) is 4.98 Å². The van der Waals surface area contributed by atoms with Crippen molar-refractivity contribution in [1.29, 1.82) is 0 Å². The fourth-order valence-electron chi connectivity index (χ4n) is 1.88. The normalized spacial score (nSPS) is 11.0. The quantitative estimate of drug-likeness (QED) is 0.783. The van der Waals surface area contributed by atoms with E-state index in [1.807, 2.05) is 30.7 Å². The first-order chi connectivity index (χ1) is 7.59. The molecular weight excluding hydrogens is 198 g/mol. The molecule has 0 aliphatic heterocycles. The van der Waals surface area contributed by atoms with E-state index >= 15 is 0 Å². The molecule has 2 aromatic rings. The SMILES string of the molecule is Cc1cc(N)ccc1-n1cncc1C(C)C. The summed E-state index contributed by atoms with van der Waals surface area (Å²) in [6.45, 7) is 6.40. The number of rotatable bonds is 2. The molecule has 3 heteroatoms. The van der Waals surface area contributed by atoms with Gasteiger partial charge in [0.15, 0.2) is 0 Å². The molecule has 0 saturated heterocycles. The van der Waals surface area contributed by atoms with Gasteiger partial charge in [0.1, 0.15) is 0 Å². The second kappa shape index (κ2) is 4.00. The van der Waals surface area contributed by atoms with Crippen molar-refractivity contribution in [3.8, 4) is 5.69 Å². The molecule has 0 spiro atoms. The van der Waals surface area contributed by atoms with Gasteiger partial charge in [-0.05, 0) is 36.6 Å². The first-order valence-corrected chi connectivity index (χ1v) is 5.48. The number of anilines is 1. The fourth-order valence-corrected chi connectivity index (χ4v) is 1.88. The number of aromatic nitrogens is 2. The van der Waals surface area contributed by atoms with Gasteiger partial charge in [0, 0.05) is 23.3 Å². The van der Waals surface area contributed by atoms with Crippen LogP contribution in [0.15, 0.2) is 30.7 Å². The Balaban J connectivity index is 2.54. The van der Waals surface area contributed by atoms with Crippen molar-refractivity contribution in [3.63, 3.8) is 0 Å². The van der Waals surface area contributed by atoms with E-state index in [2.05, 4.69) is 30.3 Å². The number of imidazole rings is 1. The smallest absolute Gasteiger partial charge is 0.0994 e. The third kappa shape index (κ3) is 1.81. The van der Waals surface area contributed by atoms with Crippen LogP contribution in [0, 0.1) is 6.92 Å². The minimum absolute atomic E-state index is 0.458. The van der Waals surface area contributed by atoms with Crippen molar-refractivity contribution < 1.29 is 0 Å². The molecule has 0 aliphatic rings. The lowest BCUT2D eigenvalue weighted by Crippen LogP contribution is -2.02. The molecule has 0 bridgehead atoms. The lowest BCUT2D eigenvalue weighted by Gasteiger charge is -2.13. The summed E-state index contributed by atoms with van der Waals surface area (Å²) in [6, 6.07) is 5.95. The standard InChI is InChI=1S/C13H17N3/c1-9(2)13-7-15-8-16(13)12-5-4-11(14)6-10(12)3/h4-9H,14H2,1-3H3. The predicted molar refractivity (Wildman–Crippen MR) is 66.8 cm³/mol. The van der Waals surface area contributed by atoms with E-state index in [-0.39, 0.29) is 0 Å². The monoisotopic (exact) mass is 215 g/mol. The third-order valence-electron chi connectivity index (χ3n) is 2.74. The van der Waals surface area contributed by atoms with Crippen LogP contribution in [0.3, 0.4) is 0 Å². The molecule has 1 heterocycles. The fraction of sp³-hybridized carbons (Fsp3) is 0.308. The third-order valence-corrected chi connectivity index (χ3v) is 2.74. The minimum atomic E-state index is 0.458. The average Bonchev–Trinajstić information content (AvgIpc) is 2.66. The van der Waals surface area contributed by atoms with E-state index < -0.39 is 0 Å². The number of nitrogens with zero attached hydrogens (tertiary/aromatic N) is 2. The molecular formula is C13H17N3. The summed E-state index contributed by atoms with van der Waals surface area (Å²) in [5, 5.41) is 0. The van der Waals surface area contributed by atoms with Crippen molar-refractivity contribution in [1.82, 2.24) is 9.55 Å². The molecule has 3 nitrogen and oxygen atoms in total. The number of benzene rings is 1. The summed E-state index contributed by atoms with van der Waals surface area (Å²) in [6.07, 6.45) is 3.77. The Morgan fingerprint density at radius 2 is 2.06 bits per heavy atom. The van der Waals surface area contributed by atoms with E-state index in [0.717, 1.165) is 11.4 Å². The Labute approximate surface area is 95.9 Å². The van der Waals surface area contributed by atoms with E-state index in [4.69, 9.17) is 5.73 Å². The largest absolute Gasteiger partial charge is 0.399 e. The molecule has 1 aromatic carbocycles. The van der Waals surface area contributed by atoms with Crippen LogP contribution in [-0.2, 0) is 0 Å². The Kier molecular flexibility index (Phi) is 2.69. The number of nitrogen functional groups attached to an aromatic ring is 1. The topological polar surface area (TPSA) is 43.8 Å². The summed E-state index contributed by atoms with van der Waals surface area (Å²) in [7, 11) is 0. The first kappa shape index (κ1) is 10.7. The highest BCUT2D eigenvalue weighted by molar-refractivity contribution is 5.51. The summed E-state index contributed by atoms with van der Waals surface area (Å²) in [5.74, 6) is 0.458. The van der Waals surface area contributed by atoms with Gasteiger partial charge in [0.25, 0.3) is 0 Å². The zero-order valence-corrected chi connectivity index (χ0v) is 9.94. The molecule has 0 amide bonds. The van der Waals surface area contributed by atoms with Crippen molar-refractivity contribution >= 4 is 5.69 Å². The Morgan fingerprint density at radius 1 is 1.31 bits per heavy atom. The van der Waals surface area contributed by atoms with Gasteiger partial charge in [0.05, 0.1) is 6.33 Å². The van der Waals surface area contributed by atoms with Crippen molar-refractivity contribution in [2.45, 2.75) is 26.7 Å². The van der Waals surface area contributed by atoms with Crippen molar-refractivity contribution in [2.24, 2.45) is 0 Å². The average molecular weight is 215 g/mol. The van der Waals surface area contributed by atoms with Crippen molar-refractivity contribution in [2.75, 3.05) is 5.73 Å². The van der Waals surface area contributed by atoms with Gasteiger partial charge in [-0.1, -0.05) is 13.8 Å². The summed E-state index contributed by atoms with van der Waals surface area (Å²) >= 11 is 0. The van der Waals surface area contributed by atoms with Crippen LogP contribution in [-0.4, -0.2) is 9.55 Å². The van der Waals surface area contributed by atoms with E-state index in [9.17, 15) is 0 Å². The van der Waals surface area contributed by atoms with Crippen LogP contribution in [0.4, 0.5) is 5.69 Å². The number of hydrogen-bond donors (Lipinski definition) is 1. The molecule has 0 fully saturated rings. The second-order valence-corrected chi connectivity index (χ2v) is 4.39. The van der Waals surface area contributed by atoms with Crippen molar-refractivity contribution in [3.05, 3.63) is 42.0 Å². The molecule has 2 rings (SSSR count). The maximum atomic E-state index is 5.75. The first-order valence-electron chi connectivity index (χ1n) is 5.48. The molecule has 2 N–H and O–H groups in total. The van der Waals surface area contributed by atoms with Gasteiger partial charge in [-0.15, -0.1) is 0 Å². The number of hydrogen-bond acceptors (Lipinski definition) is 2. The maximum absolute atomic E-state index is 5.75. The highest BCUT2D eigenvalue weighted by Crippen LogP contribution is 2.22. The lowest BCUT2D eigenvalue weighted by atomic mass is 10.1. The van der Waals surface area contributed by atoms with Gasteiger partial charge in [-0.3, -0.25) is 0 Å². The van der Waals surface area contributed by atoms with Crippen LogP contribution in [0.2, 0.25) is 0 Å². The Morgan fingerprint density at radius 3 is 2.69 bits per heavy atom. The van der Waals surface area contributed by atoms with E-state index in [1.54, 1.807) is 0 Å². The summed E-state index contributed by atoms with van der Waals surface area (Å²) in [5.41, 5.74) is 10.1. The maximum Gasteiger partial charge on any atom is 0.0994 e. The number of nitrogens with two attached hydrogens (primary N) is 1. The van der Waals surface area contributed by atoms with Gasteiger partial charge in [-0.2, -0.15) is 0 Å². The highest BCUT2D eigenvalue weighted by Gasteiger charge is 2.09. The summed E-state index contributed by atoms with van der Waals surface area (Å²) in [4.78, 5) is 4.22. The van der Waals surface area contributed by atoms with Crippen LogP contribution in [0.25, 0.3) is 5.69 Å². The van der Waals surface area contributed by atoms with Crippen LogP contribution < -0.4 is 5.73 Å². The second-order valence-electron chi connectivity index (χ2n) is 4.39. The van der Waals surface area contributed by atoms with Crippen LogP contribution >= 0.6 is 0 Å². The van der Waals surface area contributed by atoms with E-state index in [0.29, 0.717) is 5.92 Å². The zero-order valence-electron chi connectivity index (χ0n) is 9.94. The molecule has 84 valence electrons. The Hall–Kier alpha value is -1.77. The Bertz CT molecular complexity index is 498. The van der Waals surface area contributed by atoms with Gasteiger partial charge in [0.2, 0.25) is 0 Å². The minimum Gasteiger partial charge on any atom is -0.399 e. The lowest BCUT2D eigenvalue weighted by molar-refractivity contribution is 0.785.